The summed E-state index contributed by atoms with van der Waals surface area (Å²) >= 11 is 1.70. The molecule has 0 N–H and O–H groups in total. The molecule has 130 valence electrons. The van der Waals surface area contributed by atoms with Gasteiger partial charge in [-0.25, -0.2) is 9.97 Å². The van der Waals surface area contributed by atoms with Crippen molar-refractivity contribution < 1.29 is 9.53 Å². The monoisotopic (exact) mass is 349 g/mol. The topological polar surface area (TPSA) is 63.5 Å². The van der Waals surface area contributed by atoms with E-state index >= 15 is 0 Å². The van der Waals surface area contributed by atoms with Gasteiger partial charge in [-0.15, -0.1) is 11.3 Å². The molecule has 0 spiro atoms. The maximum absolute atomic E-state index is 11.7. The number of ether oxygens (including phenoxy) is 1. The van der Waals surface area contributed by atoms with Crippen molar-refractivity contribution in [1.29, 1.82) is 0 Å². The van der Waals surface area contributed by atoms with Crippen LogP contribution in [0.1, 0.15) is 22.3 Å². The lowest BCUT2D eigenvalue weighted by Crippen LogP contribution is -2.39. The van der Waals surface area contributed by atoms with E-state index in [1.54, 1.807) is 30.3 Å². The summed E-state index contributed by atoms with van der Waals surface area (Å²) in [4.78, 5) is 25.5. The average molecular weight is 349 g/mol. The van der Waals surface area contributed by atoms with E-state index < -0.39 is 0 Å². The highest BCUT2D eigenvalue weighted by molar-refractivity contribution is 7.09. The third-order valence-corrected chi connectivity index (χ3v) is 5.16. The largest absolute Gasteiger partial charge is 0.369 e. The molecule has 0 fully saturated rings. The number of fused-ring (bicyclic) bond motifs is 1. The number of rotatable bonds is 6. The number of likely N-dealkylation sites (N-methyl/N-ethyl adjacent to an activating group) is 1. The van der Waals surface area contributed by atoms with Crippen LogP contribution in [0.5, 0.6) is 0 Å². The number of thiazole rings is 1. The summed E-state index contributed by atoms with van der Waals surface area (Å²) in [5, 5.41) is 0. The van der Waals surface area contributed by atoms with Crippen molar-refractivity contribution in [2.45, 2.75) is 26.1 Å². The first-order valence-corrected chi connectivity index (χ1v) is 8.82. The Morgan fingerprint density at radius 2 is 2.33 bits per heavy atom. The van der Waals surface area contributed by atoms with Crippen LogP contribution in [0.4, 0.5) is 0 Å². The van der Waals surface area contributed by atoms with Gasteiger partial charge >= 0.3 is 0 Å². The number of nitrogens with zero attached hydrogens (tertiary/aromatic N) is 5. The third-order valence-electron chi connectivity index (χ3n) is 4.24. The van der Waals surface area contributed by atoms with Crippen LogP contribution in [-0.4, -0.2) is 64.1 Å². The number of hydrogen-bond donors (Lipinski definition) is 0. The second kappa shape index (κ2) is 7.42. The minimum absolute atomic E-state index is 0.0196. The average Bonchev–Trinajstić information content (AvgIpc) is 3.16. The summed E-state index contributed by atoms with van der Waals surface area (Å²) in [5.74, 6) is -0.0196. The van der Waals surface area contributed by atoms with Crippen molar-refractivity contribution in [1.82, 2.24) is 24.3 Å². The van der Waals surface area contributed by atoms with Crippen LogP contribution in [0.15, 0.2) is 18.0 Å². The Morgan fingerprint density at radius 3 is 3.04 bits per heavy atom. The van der Waals surface area contributed by atoms with Gasteiger partial charge in [0.05, 0.1) is 35.9 Å². The highest BCUT2D eigenvalue weighted by atomic mass is 32.1. The van der Waals surface area contributed by atoms with Gasteiger partial charge < -0.3 is 14.2 Å². The number of carbonyl (C=O) groups is 1. The number of aromatic nitrogens is 3. The molecule has 3 heterocycles. The lowest BCUT2D eigenvalue weighted by molar-refractivity contribution is -0.134. The molecule has 8 heteroatoms. The van der Waals surface area contributed by atoms with Crippen LogP contribution in [0.2, 0.25) is 0 Å². The molecule has 1 aliphatic rings. The van der Waals surface area contributed by atoms with Crippen molar-refractivity contribution in [3.8, 4) is 0 Å². The van der Waals surface area contributed by atoms with Gasteiger partial charge in [-0.3, -0.25) is 9.69 Å². The van der Waals surface area contributed by atoms with Gasteiger partial charge in [-0.05, 0) is 6.92 Å². The number of imidazole rings is 1. The Kier molecular flexibility index (Phi) is 5.27. The van der Waals surface area contributed by atoms with Crippen LogP contribution >= 0.6 is 11.3 Å². The van der Waals surface area contributed by atoms with E-state index in [1.807, 2.05) is 25.0 Å². The number of amides is 1. The molecule has 7 nitrogen and oxygen atoms in total. The summed E-state index contributed by atoms with van der Waals surface area (Å²) in [6.45, 7) is 5.28. The van der Waals surface area contributed by atoms with Gasteiger partial charge in [0.1, 0.15) is 6.61 Å². The molecule has 0 saturated heterocycles. The van der Waals surface area contributed by atoms with E-state index in [1.165, 1.54) is 10.6 Å². The molecule has 3 rings (SSSR count). The fraction of sp³-hybridized carbons (Fsp3) is 0.562. The molecular formula is C16H23N5O2S. The lowest BCUT2D eigenvalue weighted by Gasteiger charge is -2.34. The predicted molar refractivity (Wildman–Crippen MR) is 91.7 cm³/mol. The van der Waals surface area contributed by atoms with E-state index in [2.05, 4.69) is 19.4 Å². The molecule has 1 aliphatic heterocycles. The first-order valence-electron chi connectivity index (χ1n) is 7.94. The second-order valence-electron chi connectivity index (χ2n) is 6.28. The fourth-order valence-corrected chi connectivity index (χ4v) is 3.63. The highest BCUT2D eigenvalue weighted by Gasteiger charge is 2.26. The normalized spacial score (nSPS) is 17.7. The van der Waals surface area contributed by atoms with E-state index in [0.29, 0.717) is 6.61 Å². The first-order chi connectivity index (χ1) is 11.5. The van der Waals surface area contributed by atoms with Crippen molar-refractivity contribution >= 4 is 17.2 Å². The van der Waals surface area contributed by atoms with Crippen LogP contribution in [0.3, 0.4) is 0 Å². The molecule has 2 aromatic rings. The molecule has 0 aliphatic carbocycles. The summed E-state index contributed by atoms with van der Waals surface area (Å²) < 4.78 is 7.82. The van der Waals surface area contributed by atoms with Crippen LogP contribution in [-0.2, 0) is 22.6 Å². The molecule has 0 unspecified atom stereocenters. The quantitative estimate of drug-likeness (QED) is 0.787. The van der Waals surface area contributed by atoms with Gasteiger partial charge in [-0.1, -0.05) is 0 Å². The second-order valence-corrected chi connectivity index (χ2v) is 7.22. The molecule has 0 saturated carbocycles. The van der Waals surface area contributed by atoms with Crippen LogP contribution in [0.25, 0.3) is 0 Å². The van der Waals surface area contributed by atoms with E-state index in [-0.39, 0.29) is 18.6 Å². The zero-order valence-corrected chi connectivity index (χ0v) is 15.1. The van der Waals surface area contributed by atoms with Gasteiger partial charge in [0.2, 0.25) is 5.91 Å². The van der Waals surface area contributed by atoms with Crippen molar-refractivity contribution in [3.05, 3.63) is 34.3 Å². The molecule has 24 heavy (non-hydrogen) atoms. The molecule has 2 aromatic heterocycles. The molecule has 0 radical (unpaired) electrons. The van der Waals surface area contributed by atoms with Crippen LogP contribution in [0, 0.1) is 6.92 Å². The molecule has 0 aromatic carbocycles. The molecule has 1 amide bonds. The number of carbonyl (C=O) groups excluding carboxylic acids is 1. The Morgan fingerprint density at radius 1 is 1.50 bits per heavy atom. The number of aryl methyl sites for hydroxylation is 1. The Labute approximate surface area is 145 Å². The molecule has 0 bridgehead atoms. The maximum Gasteiger partial charge on any atom is 0.248 e. The Hall–Kier alpha value is -1.77. The molecule has 1 atom stereocenters. The highest BCUT2D eigenvalue weighted by Crippen LogP contribution is 2.24. The summed E-state index contributed by atoms with van der Waals surface area (Å²) in [6, 6.07) is 0.166. The molecular weight excluding hydrogens is 326 g/mol. The fourth-order valence-electron chi connectivity index (χ4n) is 2.81. The van der Waals surface area contributed by atoms with Crippen LogP contribution < -0.4 is 0 Å². The Bertz CT molecular complexity index is 696. The minimum Gasteiger partial charge on any atom is -0.369 e. The zero-order valence-electron chi connectivity index (χ0n) is 14.3. The van der Waals surface area contributed by atoms with E-state index in [0.717, 1.165) is 25.3 Å². The third kappa shape index (κ3) is 3.82. The minimum atomic E-state index is -0.0196. The van der Waals surface area contributed by atoms with E-state index in [9.17, 15) is 4.79 Å². The van der Waals surface area contributed by atoms with Gasteiger partial charge in [0, 0.05) is 44.8 Å². The zero-order chi connectivity index (χ0) is 17.1. The van der Waals surface area contributed by atoms with Gasteiger partial charge in [0.15, 0.2) is 0 Å². The van der Waals surface area contributed by atoms with Crippen molar-refractivity contribution in [3.63, 3.8) is 0 Å². The summed E-state index contributed by atoms with van der Waals surface area (Å²) in [6.07, 6.45) is 3.76. The Balaban J connectivity index is 1.63. The first kappa shape index (κ1) is 17.1. The van der Waals surface area contributed by atoms with Crippen molar-refractivity contribution in [2.75, 3.05) is 33.9 Å². The lowest BCUT2D eigenvalue weighted by atomic mass is 10.2. The smallest absolute Gasteiger partial charge is 0.248 e. The number of hydrogen-bond acceptors (Lipinski definition) is 6. The van der Waals surface area contributed by atoms with Crippen molar-refractivity contribution in [2.24, 2.45) is 0 Å². The van der Waals surface area contributed by atoms with E-state index in [4.69, 9.17) is 4.74 Å². The van der Waals surface area contributed by atoms with Gasteiger partial charge in [0.25, 0.3) is 0 Å². The van der Waals surface area contributed by atoms with Gasteiger partial charge in [-0.2, -0.15) is 0 Å². The maximum atomic E-state index is 11.7. The predicted octanol–water partition coefficient (Wildman–Crippen LogP) is 1.31. The SMILES string of the molecule is Cc1ncsc1CN1Cc2cncn2[C@@H](COCC(=O)N(C)C)C1. The summed E-state index contributed by atoms with van der Waals surface area (Å²) in [7, 11) is 3.47. The standard InChI is InChI=1S/C16H23N5O2S/c1-12-15(24-11-18-12)7-20-5-13-4-17-10-21(13)14(6-20)8-23-9-16(22)19(2)3/h4,10-11,14H,5-9H2,1-3H3/t14-/m1/s1. The summed E-state index contributed by atoms with van der Waals surface area (Å²) in [5.41, 5.74) is 4.17.